The Hall–Kier alpha value is -1.36. The molecule has 0 aliphatic carbocycles. The van der Waals surface area contributed by atoms with Crippen LogP contribution in [0.3, 0.4) is 0 Å². The van der Waals surface area contributed by atoms with Crippen LogP contribution in [0.4, 0.5) is 0 Å². The van der Waals surface area contributed by atoms with Crippen molar-refractivity contribution < 1.29 is 4.79 Å². The first-order valence-electron chi connectivity index (χ1n) is 6.17. The molecule has 5 heteroatoms. The highest BCUT2D eigenvalue weighted by Gasteiger charge is 2.26. The third-order valence-corrected chi connectivity index (χ3v) is 3.42. The van der Waals surface area contributed by atoms with Crippen molar-refractivity contribution >= 4 is 5.91 Å². The van der Waals surface area contributed by atoms with Crippen molar-refractivity contribution in [3.63, 3.8) is 0 Å². The van der Waals surface area contributed by atoms with Gasteiger partial charge in [-0.05, 0) is 32.9 Å². The monoisotopic (exact) mass is 236 g/mol. The molecule has 2 rings (SSSR count). The number of aromatic nitrogens is 2. The van der Waals surface area contributed by atoms with Crippen LogP contribution < -0.4 is 5.32 Å². The number of hydrogen-bond acceptors (Lipinski definition) is 3. The van der Waals surface area contributed by atoms with E-state index in [4.69, 9.17) is 0 Å². The van der Waals surface area contributed by atoms with Crippen LogP contribution in [0.25, 0.3) is 0 Å². The number of likely N-dealkylation sites (N-methyl/N-ethyl adjacent to an activating group) is 1. The number of amides is 1. The number of hydrogen-bond donors (Lipinski definition) is 1. The van der Waals surface area contributed by atoms with Crippen LogP contribution in [-0.2, 0) is 4.79 Å². The molecule has 17 heavy (non-hydrogen) atoms. The van der Waals surface area contributed by atoms with E-state index < -0.39 is 0 Å². The van der Waals surface area contributed by atoms with E-state index in [2.05, 4.69) is 10.4 Å². The Morgan fingerprint density at radius 2 is 2.41 bits per heavy atom. The van der Waals surface area contributed by atoms with Crippen LogP contribution in [0.15, 0.2) is 18.5 Å². The molecule has 1 N–H and O–H groups in total. The average Bonchev–Trinajstić information content (AvgIpc) is 2.91. The topological polar surface area (TPSA) is 50.2 Å². The second-order valence-corrected chi connectivity index (χ2v) is 4.57. The Balaban J connectivity index is 1.99. The number of carbonyl (C=O) groups excluding carboxylic acids is 1. The second-order valence-electron chi connectivity index (χ2n) is 4.57. The lowest BCUT2D eigenvalue weighted by Gasteiger charge is -2.34. The van der Waals surface area contributed by atoms with Crippen LogP contribution in [-0.4, -0.2) is 46.8 Å². The highest BCUT2D eigenvalue weighted by atomic mass is 16.2. The molecule has 1 amide bonds. The average molecular weight is 236 g/mol. The minimum atomic E-state index is -0.208. The molecule has 1 aliphatic heterocycles. The predicted molar refractivity (Wildman–Crippen MR) is 65.6 cm³/mol. The maximum atomic E-state index is 12.3. The molecular formula is C12H20N4O. The molecule has 2 unspecified atom stereocenters. The van der Waals surface area contributed by atoms with Crippen LogP contribution >= 0.6 is 0 Å². The van der Waals surface area contributed by atoms with Gasteiger partial charge in [-0.25, -0.2) is 0 Å². The lowest BCUT2D eigenvalue weighted by Crippen LogP contribution is -2.48. The minimum Gasteiger partial charge on any atom is -0.339 e. The molecule has 94 valence electrons. The molecule has 1 aliphatic rings. The van der Waals surface area contributed by atoms with Crippen molar-refractivity contribution in [2.75, 3.05) is 20.1 Å². The number of piperidine rings is 1. The Morgan fingerprint density at radius 3 is 3.06 bits per heavy atom. The number of nitrogens with zero attached hydrogens (tertiary/aromatic N) is 3. The molecule has 1 aromatic rings. The first kappa shape index (κ1) is 12.1. The summed E-state index contributed by atoms with van der Waals surface area (Å²) >= 11 is 0. The lowest BCUT2D eigenvalue weighted by molar-refractivity contribution is -0.135. The van der Waals surface area contributed by atoms with E-state index in [0.717, 1.165) is 25.9 Å². The number of likely N-dealkylation sites (tertiary alicyclic amines) is 1. The van der Waals surface area contributed by atoms with E-state index in [1.165, 1.54) is 0 Å². The summed E-state index contributed by atoms with van der Waals surface area (Å²) in [6.07, 6.45) is 5.76. The van der Waals surface area contributed by atoms with Gasteiger partial charge in [0.1, 0.15) is 6.04 Å². The van der Waals surface area contributed by atoms with E-state index in [9.17, 15) is 4.79 Å². The van der Waals surface area contributed by atoms with Crippen molar-refractivity contribution in [2.45, 2.75) is 31.8 Å². The minimum absolute atomic E-state index is 0.161. The van der Waals surface area contributed by atoms with Gasteiger partial charge in [-0.1, -0.05) is 0 Å². The molecule has 2 heterocycles. The second kappa shape index (κ2) is 5.31. The summed E-state index contributed by atoms with van der Waals surface area (Å²) in [5.41, 5.74) is 0. The van der Waals surface area contributed by atoms with Gasteiger partial charge in [-0.15, -0.1) is 0 Å². The smallest absolute Gasteiger partial charge is 0.247 e. The number of rotatable bonds is 3. The van der Waals surface area contributed by atoms with Gasteiger partial charge in [-0.2, -0.15) is 5.10 Å². The van der Waals surface area contributed by atoms with Crippen molar-refractivity contribution in [1.82, 2.24) is 20.0 Å². The zero-order chi connectivity index (χ0) is 12.3. The molecule has 1 fully saturated rings. The quantitative estimate of drug-likeness (QED) is 0.838. The Morgan fingerprint density at radius 1 is 1.59 bits per heavy atom. The van der Waals surface area contributed by atoms with Crippen LogP contribution in [0.1, 0.15) is 25.8 Å². The fraction of sp³-hybridized carbons (Fsp3) is 0.667. The predicted octanol–water partition coefficient (Wildman–Crippen LogP) is 0.654. The van der Waals surface area contributed by atoms with Crippen molar-refractivity contribution in [3.8, 4) is 0 Å². The first-order valence-corrected chi connectivity index (χ1v) is 6.17. The summed E-state index contributed by atoms with van der Waals surface area (Å²) in [6.45, 7) is 3.57. The third-order valence-electron chi connectivity index (χ3n) is 3.42. The summed E-state index contributed by atoms with van der Waals surface area (Å²) in [7, 11) is 1.95. The van der Waals surface area contributed by atoms with Gasteiger partial charge >= 0.3 is 0 Å². The molecule has 5 nitrogen and oxygen atoms in total. The number of carbonyl (C=O) groups is 1. The Kier molecular flexibility index (Phi) is 3.78. The number of nitrogens with one attached hydrogen (secondary N) is 1. The highest BCUT2D eigenvalue weighted by molar-refractivity contribution is 5.80. The molecule has 2 atom stereocenters. The van der Waals surface area contributed by atoms with E-state index in [-0.39, 0.29) is 11.9 Å². The summed E-state index contributed by atoms with van der Waals surface area (Å²) in [5, 5.41) is 7.37. The molecule has 1 aromatic heterocycles. The van der Waals surface area contributed by atoms with E-state index in [1.54, 1.807) is 10.9 Å². The van der Waals surface area contributed by atoms with Crippen molar-refractivity contribution in [1.29, 1.82) is 0 Å². The van der Waals surface area contributed by atoms with Crippen molar-refractivity contribution in [3.05, 3.63) is 18.5 Å². The van der Waals surface area contributed by atoms with Crippen molar-refractivity contribution in [2.24, 2.45) is 0 Å². The maximum Gasteiger partial charge on any atom is 0.247 e. The normalized spacial score (nSPS) is 22.5. The molecule has 1 saturated heterocycles. The SMILES string of the molecule is CNC1CCCN(C(=O)C(C)n2cccn2)C1. The Labute approximate surface area is 102 Å². The summed E-state index contributed by atoms with van der Waals surface area (Å²) in [5.74, 6) is 0.161. The van der Waals surface area contributed by atoms with Gasteiger partial charge in [0, 0.05) is 31.5 Å². The van der Waals surface area contributed by atoms with Gasteiger partial charge in [0.05, 0.1) is 0 Å². The maximum absolute atomic E-state index is 12.3. The van der Waals surface area contributed by atoms with Gasteiger partial charge in [0.2, 0.25) is 5.91 Å². The fourth-order valence-electron chi connectivity index (χ4n) is 2.30. The van der Waals surface area contributed by atoms with Crippen LogP contribution in [0, 0.1) is 0 Å². The van der Waals surface area contributed by atoms with Crippen LogP contribution in [0.2, 0.25) is 0 Å². The summed E-state index contributed by atoms with van der Waals surface area (Å²) in [6, 6.07) is 2.06. The van der Waals surface area contributed by atoms with E-state index in [0.29, 0.717) is 6.04 Å². The molecule has 0 radical (unpaired) electrons. The van der Waals surface area contributed by atoms with E-state index in [1.807, 2.05) is 31.1 Å². The first-order chi connectivity index (χ1) is 8.22. The van der Waals surface area contributed by atoms with Gasteiger partial charge in [0.25, 0.3) is 0 Å². The van der Waals surface area contributed by atoms with Crippen LogP contribution in [0.5, 0.6) is 0 Å². The molecular weight excluding hydrogens is 216 g/mol. The zero-order valence-electron chi connectivity index (χ0n) is 10.5. The molecule has 0 bridgehead atoms. The molecule has 0 saturated carbocycles. The van der Waals surface area contributed by atoms with Gasteiger partial charge < -0.3 is 10.2 Å². The van der Waals surface area contributed by atoms with Gasteiger partial charge in [0.15, 0.2) is 0 Å². The summed E-state index contributed by atoms with van der Waals surface area (Å²) in [4.78, 5) is 14.2. The fourth-order valence-corrected chi connectivity index (χ4v) is 2.30. The Bertz CT molecular complexity index is 363. The zero-order valence-corrected chi connectivity index (χ0v) is 10.5. The van der Waals surface area contributed by atoms with Gasteiger partial charge in [-0.3, -0.25) is 9.48 Å². The third kappa shape index (κ3) is 2.66. The largest absolute Gasteiger partial charge is 0.339 e. The standard InChI is InChI=1S/C12H20N4O/c1-10(16-8-4-6-14-16)12(17)15-7-3-5-11(9-15)13-2/h4,6,8,10-11,13H,3,5,7,9H2,1-2H3. The lowest BCUT2D eigenvalue weighted by atomic mass is 10.1. The molecule has 0 spiro atoms. The molecule has 0 aromatic carbocycles. The highest BCUT2D eigenvalue weighted by Crippen LogP contribution is 2.15. The van der Waals surface area contributed by atoms with E-state index >= 15 is 0 Å². The summed E-state index contributed by atoms with van der Waals surface area (Å²) < 4.78 is 1.71.